The van der Waals surface area contributed by atoms with Crippen LogP contribution in [0.25, 0.3) is 22.2 Å². The Kier molecular flexibility index (Phi) is 5.55. The normalized spacial score (nSPS) is 17.6. The smallest absolute Gasteiger partial charge is 0.156 e. The van der Waals surface area contributed by atoms with Gasteiger partial charge in [-0.05, 0) is 30.2 Å². The Bertz CT molecular complexity index is 1320. The zero-order valence-electron chi connectivity index (χ0n) is 18.8. The molecular weight excluding hydrogens is 413 g/mol. The second kappa shape index (κ2) is 8.66. The molecule has 0 aliphatic carbocycles. The zero-order chi connectivity index (χ0) is 22.8. The Labute approximate surface area is 193 Å². The van der Waals surface area contributed by atoms with Crippen molar-refractivity contribution in [1.82, 2.24) is 10.3 Å². The zero-order valence-corrected chi connectivity index (χ0v) is 18.8. The van der Waals surface area contributed by atoms with Crippen molar-refractivity contribution >= 4 is 16.7 Å². The van der Waals surface area contributed by atoms with E-state index in [4.69, 9.17) is 14.7 Å². The van der Waals surface area contributed by atoms with Gasteiger partial charge in [-0.3, -0.25) is 4.99 Å². The molecule has 1 aliphatic heterocycles. The van der Waals surface area contributed by atoms with Crippen LogP contribution in [0.4, 0.5) is 4.39 Å². The van der Waals surface area contributed by atoms with Crippen LogP contribution in [-0.2, 0) is 5.54 Å². The second-order valence-corrected chi connectivity index (χ2v) is 8.38. The van der Waals surface area contributed by atoms with E-state index < -0.39 is 0 Å². The molecule has 0 spiro atoms. The summed E-state index contributed by atoms with van der Waals surface area (Å²) in [6.07, 6.45) is 1.93. The van der Waals surface area contributed by atoms with E-state index >= 15 is 0 Å². The first-order valence-electron chi connectivity index (χ1n) is 11.3. The molecule has 4 nitrogen and oxygen atoms in total. The first-order valence-corrected chi connectivity index (χ1v) is 11.3. The fourth-order valence-corrected chi connectivity index (χ4v) is 4.74. The molecule has 0 bridgehead atoms. The molecule has 2 heterocycles. The van der Waals surface area contributed by atoms with Crippen molar-refractivity contribution in [2.75, 3.05) is 13.7 Å². The van der Waals surface area contributed by atoms with Gasteiger partial charge in [0.2, 0.25) is 0 Å². The first kappa shape index (κ1) is 21.1. The molecule has 1 aliphatic rings. The number of nitrogens with one attached hydrogen (secondary N) is 1. The number of hydrogen-bond donors (Lipinski definition) is 1. The van der Waals surface area contributed by atoms with Crippen molar-refractivity contribution in [3.63, 3.8) is 0 Å². The number of aromatic nitrogens is 1. The molecule has 0 fully saturated rings. The highest BCUT2D eigenvalue weighted by Gasteiger charge is 2.38. The molecular formula is C28H26FN3O. The minimum absolute atomic E-state index is 0.313. The summed E-state index contributed by atoms with van der Waals surface area (Å²) in [5.41, 5.74) is 3.97. The molecule has 4 aromatic rings. The van der Waals surface area contributed by atoms with Crippen molar-refractivity contribution in [3.05, 3.63) is 95.8 Å². The third-order valence-electron chi connectivity index (χ3n) is 6.26. The van der Waals surface area contributed by atoms with Crippen LogP contribution < -0.4 is 10.1 Å². The fraction of sp³-hybridized carbons (Fsp3) is 0.214. The van der Waals surface area contributed by atoms with Crippen LogP contribution >= 0.6 is 0 Å². The van der Waals surface area contributed by atoms with Gasteiger partial charge in [-0.25, -0.2) is 9.37 Å². The average Bonchev–Trinajstić information content (AvgIpc) is 3.29. The maximum atomic E-state index is 14.4. The molecule has 0 amide bonds. The van der Waals surface area contributed by atoms with E-state index in [-0.39, 0.29) is 11.4 Å². The number of hydrogen-bond acceptors (Lipinski definition) is 4. The van der Waals surface area contributed by atoms with E-state index in [1.165, 1.54) is 17.7 Å². The number of amidine groups is 1. The molecule has 5 heteroatoms. The summed E-state index contributed by atoms with van der Waals surface area (Å²) in [6.45, 7) is 2.78. The Morgan fingerprint density at radius 2 is 1.73 bits per heavy atom. The van der Waals surface area contributed by atoms with Crippen LogP contribution in [-0.4, -0.2) is 24.5 Å². The molecule has 0 radical (unpaired) electrons. The number of fused-ring (bicyclic) bond motifs is 1. The van der Waals surface area contributed by atoms with Gasteiger partial charge < -0.3 is 10.1 Å². The highest BCUT2D eigenvalue weighted by molar-refractivity contribution is 6.14. The minimum atomic E-state index is -0.318. The molecule has 1 aromatic heterocycles. The first-order chi connectivity index (χ1) is 16.1. The van der Waals surface area contributed by atoms with Crippen molar-refractivity contribution in [1.29, 1.82) is 0 Å². The van der Waals surface area contributed by atoms with E-state index in [2.05, 4.69) is 36.5 Å². The second-order valence-electron chi connectivity index (χ2n) is 8.38. The Morgan fingerprint density at radius 1 is 1.00 bits per heavy atom. The van der Waals surface area contributed by atoms with E-state index in [9.17, 15) is 4.39 Å². The monoisotopic (exact) mass is 439 g/mol. The molecule has 166 valence electrons. The maximum absolute atomic E-state index is 14.4. The predicted octanol–water partition coefficient (Wildman–Crippen LogP) is 6.09. The summed E-state index contributed by atoms with van der Waals surface area (Å²) in [5, 5.41) is 4.40. The van der Waals surface area contributed by atoms with Gasteiger partial charge in [-0.2, -0.15) is 0 Å². The number of pyridine rings is 1. The van der Waals surface area contributed by atoms with Gasteiger partial charge in [0.25, 0.3) is 0 Å². The van der Waals surface area contributed by atoms with Gasteiger partial charge in [0, 0.05) is 10.9 Å². The van der Waals surface area contributed by atoms with Gasteiger partial charge in [-0.15, -0.1) is 0 Å². The molecule has 1 atom stereocenters. The van der Waals surface area contributed by atoms with E-state index in [0.717, 1.165) is 24.0 Å². The lowest BCUT2D eigenvalue weighted by atomic mass is 9.86. The highest BCUT2D eigenvalue weighted by atomic mass is 19.1. The number of rotatable bonds is 6. The van der Waals surface area contributed by atoms with Crippen LogP contribution in [0.1, 0.15) is 30.9 Å². The van der Waals surface area contributed by atoms with E-state index in [1.807, 2.05) is 36.4 Å². The summed E-state index contributed by atoms with van der Waals surface area (Å²) in [4.78, 5) is 9.80. The number of ether oxygens (including phenoxy) is 1. The standard InChI is InChI=1S/C28H26FN3O/c1-3-16-28(20-12-8-5-9-13-20)18-30-27(32-28)24-22-17-21(29)14-15-23(22)31-25(26(24)33-2)19-10-6-4-7-11-19/h4-15,17H,3,16,18H2,1-2H3,(H,30,32). The van der Waals surface area contributed by atoms with Gasteiger partial charge in [0.1, 0.15) is 17.3 Å². The Balaban J connectivity index is 1.71. The van der Waals surface area contributed by atoms with Crippen LogP contribution in [0.2, 0.25) is 0 Å². The maximum Gasteiger partial charge on any atom is 0.156 e. The van der Waals surface area contributed by atoms with Gasteiger partial charge in [0.05, 0.1) is 30.3 Å². The largest absolute Gasteiger partial charge is 0.494 e. The quantitative estimate of drug-likeness (QED) is 0.395. The Morgan fingerprint density at radius 3 is 2.42 bits per heavy atom. The molecule has 33 heavy (non-hydrogen) atoms. The van der Waals surface area contributed by atoms with Crippen LogP contribution in [0.5, 0.6) is 5.75 Å². The van der Waals surface area contributed by atoms with Crippen molar-refractivity contribution in [3.8, 4) is 17.0 Å². The molecule has 0 saturated carbocycles. The van der Waals surface area contributed by atoms with Crippen molar-refractivity contribution < 1.29 is 9.13 Å². The van der Waals surface area contributed by atoms with E-state index in [1.54, 1.807) is 13.2 Å². The topological polar surface area (TPSA) is 46.5 Å². The summed E-state index contributed by atoms with van der Waals surface area (Å²) >= 11 is 0. The molecule has 3 aromatic carbocycles. The highest BCUT2D eigenvalue weighted by Crippen LogP contribution is 2.39. The third-order valence-corrected chi connectivity index (χ3v) is 6.26. The summed E-state index contributed by atoms with van der Waals surface area (Å²) in [5.74, 6) is 0.979. The minimum Gasteiger partial charge on any atom is -0.494 e. The predicted molar refractivity (Wildman–Crippen MR) is 131 cm³/mol. The van der Waals surface area contributed by atoms with Crippen LogP contribution in [0.3, 0.4) is 0 Å². The van der Waals surface area contributed by atoms with Crippen LogP contribution in [0, 0.1) is 5.82 Å². The van der Waals surface area contributed by atoms with Crippen LogP contribution in [0.15, 0.2) is 83.9 Å². The van der Waals surface area contributed by atoms with Gasteiger partial charge in [0.15, 0.2) is 5.75 Å². The molecule has 5 rings (SSSR count). The fourth-order valence-electron chi connectivity index (χ4n) is 4.74. The Hall–Kier alpha value is -3.73. The summed E-state index contributed by atoms with van der Waals surface area (Å²) in [6, 6.07) is 25.0. The SMILES string of the molecule is CCCC1(c2ccccc2)CN=C(c2c(OC)c(-c3ccccc3)nc3ccc(F)cc23)N1. The summed E-state index contributed by atoms with van der Waals surface area (Å²) < 4.78 is 20.3. The number of methoxy groups -OCH3 is 1. The van der Waals surface area contributed by atoms with Crippen molar-refractivity contribution in [2.45, 2.75) is 25.3 Å². The number of aliphatic imine (C=N–C) groups is 1. The lowest BCUT2D eigenvalue weighted by Crippen LogP contribution is -2.43. The number of nitrogens with zero attached hydrogens (tertiary/aromatic N) is 2. The van der Waals surface area contributed by atoms with Gasteiger partial charge >= 0.3 is 0 Å². The number of halogens is 1. The summed E-state index contributed by atoms with van der Waals surface area (Å²) in [7, 11) is 1.63. The van der Waals surface area contributed by atoms with Crippen molar-refractivity contribution in [2.24, 2.45) is 4.99 Å². The number of benzene rings is 3. The molecule has 1 N–H and O–H groups in total. The third kappa shape index (κ3) is 3.74. The lowest BCUT2D eigenvalue weighted by molar-refractivity contribution is 0.391. The lowest BCUT2D eigenvalue weighted by Gasteiger charge is -2.30. The van der Waals surface area contributed by atoms with E-state index in [0.29, 0.717) is 34.7 Å². The average molecular weight is 440 g/mol. The molecule has 1 unspecified atom stereocenters. The molecule has 0 saturated heterocycles. The van der Waals surface area contributed by atoms with Gasteiger partial charge in [-0.1, -0.05) is 74.0 Å².